The molecule has 12 nitrogen and oxygen atoms in total. The largest absolute Gasteiger partial charge is 0.493 e. The number of hydrogen-bond acceptors (Lipinski definition) is 12. The maximum absolute atomic E-state index is 11.9. The SMILES string of the molecule is C=C(COc1cc2c(cc1OC)CN(OC(=O)CCC=O)C2)COc1cc2c(cc1OC)CN(OC(=O)CCC=O)C2. The second kappa shape index (κ2) is 14.5. The first-order valence-electron chi connectivity index (χ1n) is 13.4. The van der Waals surface area contributed by atoms with E-state index in [1.54, 1.807) is 14.2 Å². The van der Waals surface area contributed by atoms with Crippen molar-refractivity contribution in [1.82, 2.24) is 10.1 Å². The van der Waals surface area contributed by atoms with Gasteiger partial charge in [0.2, 0.25) is 0 Å². The van der Waals surface area contributed by atoms with Crippen LogP contribution >= 0.6 is 0 Å². The molecule has 0 aliphatic carbocycles. The number of rotatable bonds is 16. The number of methoxy groups -OCH3 is 2. The lowest BCUT2D eigenvalue weighted by Gasteiger charge is -2.15. The summed E-state index contributed by atoms with van der Waals surface area (Å²) in [7, 11) is 3.10. The Morgan fingerprint density at radius 2 is 1.05 bits per heavy atom. The minimum absolute atomic E-state index is 0.0346. The molecular formula is C30H34N2O10. The average Bonchev–Trinajstić information content (AvgIpc) is 3.56. The molecule has 0 unspecified atom stereocenters. The van der Waals surface area contributed by atoms with Crippen LogP contribution in [0.1, 0.15) is 47.9 Å². The van der Waals surface area contributed by atoms with Crippen LogP contribution in [0.5, 0.6) is 23.0 Å². The van der Waals surface area contributed by atoms with E-state index in [1.807, 2.05) is 24.3 Å². The first-order chi connectivity index (χ1) is 20.3. The number of fused-ring (bicyclic) bond motifs is 2. The number of ether oxygens (including phenoxy) is 4. The molecule has 2 heterocycles. The van der Waals surface area contributed by atoms with Crippen molar-refractivity contribution >= 4 is 24.5 Å². The molecular weight excluding hydrogens is 548 g/mol. The summed E-state index contributed by atoms with van der Waals surface area (Å²) in [6.07, 6.45) is 1.69. The van der Waals surface area contributed by atoms with E-state index < -0.39 is 11.9 Å². The fourth-order valence-corrected chi connectivity index (χ4v) is 4.56. The Morgan fingerprint density at radius 1 is 0.690 bits per heavy atom. The molecule has 0 saturated heterocycles. The number of nitrogens with zero attached hydrogens (tertiary/aromatic N) is 2. The van der Waals surface area contributed by atoms with Crippen LogP contribution in [-0.2, 0) is 55.0 Å². The fourth-order valence-electron chi connectivity index (χ4n) is 4.56. The Labute approximate surface area is 243 Å². The molecule has 0 spiro atoms. The van der Waals surface area contributed by atoms with Crippen LogP contribution in [0.15, 0.2) is 36.4 Å². The lowest BCUT2D eigenvalue weighted by molar-refractivity contribution is -0.194. The molecule has 0 aromatic heterocycles. The van der Waals surface area contributed by atoms with Gasteiger partial charge in [-0.05, 0) is 52.1 Å². The molecule has 2 aliphatic rings. The molecule has 0 amide bonds. The van der Waals surface area contributed by atoms with E-state index in [0.717, 1.165) is 22.3 Å². The summed E-state index contributed by atoms with van der Waals surface area (Å²) in [6, 6.07) is 7.40. The van der Waals surface area contributed by atoms with E-state index in [9.17, 15) is 19.2 Å². The lowest BCUT2D eigenvalue weighted by atomic mass is 10.1. The van der Waals surface area contributed by atoms with Crippen molar-refractivity contribution < 1.29 is 47.8 Å². The number of aldehydes is 2. The van der Waals surface area contributed by atoms with E-state index in [2.05, 4.69) is 6.58 Å². The van der Waals surface area contributed by atoms with Gasteiger partial charge in [0, 0.05) is 12.8 Å². The minimum atomic E-state index is -0.457. The normalized spacial score (nSPS) is 14.0. The third kappa shape index (κ3) is 7.86. The smallest absolute Gasteiger partial charge is 0.325 e. The Bertz CT molecular complexity index is 1240. The van der Waals surface area contributed by atoms with Gasteiger partial charge in [0.05, 0.1) is 53.2 Å². The highest BCUT2D eigenvalue weighted by Crippen LogP contribution is 2.37. The summed E-state index contributed by atoms with van der Waals surface area (Å²) >= 11 is 0. The van der Waals surface area contributed by atoms with E-state index in [4.69, 9.17) is 28.6 Å². The Hall–Kier alpha value is -4.42. The van der Waals surface area contributed by atoms with Crippen molar-refractivity contribution in [2.75, 3.05) is 27.4 Å². The lowest BCUT2D eigenvalue weighted by Crippen LogP contribution is -2.21. The van der Waals surface area contributed by atoms with Crippen LogP contribution in [0.4, 0.5) is 0 Å². The van der Waals surface area contributed by atoms with Crippen LogP contribution in [0.25, 0.3) is 0 Å². The van der Waals surface area contributed by atoms with Crippen LogP contribution in [-0.4, -0.2) is 62.1 Å². The third-order valence-corrected chi connectivity index (χ3v) is 6.62. The molecule has 0 atom stereocenters. The summed E-state index contributed by atoms with van der Waals surface area (Å²) in [5.74, 6) is 1.19. The van der Waals surface area contributed by atoms with E-state index in [1.165, 1.54) is 10.1 Å². The number of carbonyl (C=O) groups excluding carboxylic acids is 4. The predicted octanol–water partition coefficient (Wildman–Crippen LogP) is 3.22. The van der Waals surface area contributed by atoms with Gasteiger partial charge in [0.1, 0.15) is 25.8 Å². The summed E-state index contributed by atoms with van der Waals surface area (Å²) < 4.78 is 23.0. The molecule has 0 N–H and O–H groups in total. The highest BCUT2D eigenvalue weighted by molar-refractivity contribution is 5.72. The zero-order valence-electron chi connectivity index (χ0n) is 23.7. The zero-order chi connectivity index (χ0) is 30.1. The van der Waals surface area contributed by atoms with E-state index in [-0.39, 0.29) is 38.9 Å². The molecule has 0 saturated carbocycles. The quantitative estimate of drug-likeness (QED) is 0.213. The number of hydrogen-bond donors (Lipinski definition) is 0. The second-order valence-corrected chi connectivity index (χ2v) is 9.80. The maximum atomic E-state index is 11.9. The van der Waals surface area contributed by atoms with E-state index >= 15 is 0 Å². The van der Waals surface area contributed by atoms with Crippen molar-refractivity contribution in [3.8, 4) is 23.0 Å². The van der Waals surface area contributed by atoms with Crippen molar-refractivity contribution in [2.45, 2.75) is 51.9 Å². The molecule has 4 rings (SSSR count). The van der Waals surface area contributed by atoms with Gasteiger partial charge in [-0.15, -0.1) is 10.1 Å². The molecule has 42 heavy (non-hydrogen) atoms. The van der Waals surface area contributed by atoms with Gasteiger partial charge in [-0.1, -0.05) is 6.58 Å². The summed E-state index contributed by atoms with van der Waals surface area (Å²) in [5.41, 5.74) is 4.42. The molecule has 2 aromatic rings. The molecule has 0 radical (unpaired) electrons. The molecule has 224 valence electrons. The summed E-state index contributed by atoms with van der Waals surface area (Å²) in [5, 5.41) is 3.07. The van der Waals surface area contributed by atoms with Gasteiger partial charge in [-0.3, -0.25) is 9.59 Å². The Morgan fingerprint density at radius 3 is 1.38 bits per heavy atom. The predicted molar refractivity (Wildman–Crippen MR) is 147 cm³/mol. The van der Waals surface area contributed by atoms with Crippen LogP contribution in [0.3, 0.4) is 0 Å². The third-order valence-electron chi connectivity index (χ3n) is 6.62. The molecule has 2 aliphatic heterocycles. The fraction of sp³-hybridized carbons (Fsp3) is 0.400. The number of hydroxylamine groups is 4. The maximum Gasteiger partial charge on any atom is 0.325 e. The van der Waals surface area contributed by atoms with Crippen LogP contribution < -0.4 is 18.9 Å². The number of benzene rings is 2. The second-order valence-electron chi connectivity index (χ2n) is 9.80. The average molecular weight is 583 g/mol. The van der Waals surface area contributed by atoms with Gasteiger partial charge >= 0.3 is 11.9 Å². The van der Waals surface area contributed by atoms with Gasteiger partial charge < -0.3 is 38.2 Å². The van der Waals surface area contributed by atoms with Crippen molar-refractivity contribution in [3.63, 3.8) is 0 Å². The van der Waals surface area contributed by atoms with Crippen molar-refractivity contribution in [1.29, 1.82) is 0 Å². The summed E-state index contributed by atoms with van der Waals surface area (Å²) in [6.45, 7) is 5.98. The molecule has 0 fully saturated rings. The summed E-state index contributed by atoms with van der Waals surface area (Å²) in [4.78, 5) is 55.5. The number of carbonyl (C=O) groups is 4. The Kier molecular flexibility index (Phi) is 10.5. The molecule has 12 heteroatoms. The van der Waals surface area contributed by atoms with Gasteiger partial charge in [-0.25, -0.2) is 0 Å². The first kappa shape index (κ1) is 30.5. The molecule has 0 bridgehead atoms. The molecule has 2 aromatic carbocycles. The van der Waals surface area contributed by atoms with E-state index in [0.29, 0.717) is 67.3 Å². The highest BCUT2D eigenvalue weighted by atomic mass is 16.7. The zero-order valence-corrected chi connectivity index (χ0v) is 23.7. The van der Waals surface area contributed by atoms with Crippen LogP contribution in [0, 0.1) is 0 Å². The van der Waals surface area contributed by atoms with Crippen molar-refractivity contribution in [2.24, 2.45) is 0 Å². The first-order valence-corrected chi connectivity index (χ1v) is 13.4. The van der Waals surface area contributed by atoms with Gasteiger partial charge in [-0.2, -0.15) is 0 Å². The topological polar surface area (TPSA) is 130 Å². The Balaban J connectivity index is 1.31. The minimum Gasteiger partial charge on any atom is -0.493 e. The van der Waals surface area contributed by atoms with Gasteiger partial charge in [0.15, 0.2) is 23.0 Å². The monoisotopic (exact) mass is 582 g/mol. The standard InChI is InChI=1S/C30H34N2O10/c1-20(18-39-27-12-23-16-31(41-29(35)6-4-8-33)14-21(23)10-25(27)37-2)19-40-28-13-24-17-32(42-30(36)7-5-9-34)15-22(24)11-26(28)38-3/h8-13H,1,4-7,14-19H2,2-3H3. The highest BCUT2D eigenvalue weighted by Gasteiger charge is 2.26. The van der Waals surface area contributed by atoms with Crippen LogP contribution in [0.2, 0.25) is 0 Å². The van der Waals surface area contributed by atoms with Crippen molar-refractivity contribution in [3.05, 3.63) is 58.7 Å². The van der Waals surface area contributed by atoms with Gasteiger partial charge in [0.25, 0.3) is 0 Å².